The van der Waals surface area contributed by atoms with Gasteiger partial charge in [-0.1, -0.05) is 26.7 Å². The van der Waals surface area contributed by atoms with E-state index in [2.05, 4.69) is 39.1 Å². The van der Waals surface area contributed by atoms with Crippen molar-refractivity contribution in [1.29, 1.82) is 0 Å². The summed E-state index contributed by atoms with van der Waals surface area (Å²) in [4.78, 5) is 0. The maximum Gasteiger partial charge on any atom is 0.00791 e. The minimum atomic E-state index is 0.546. The molecule has 0 nitrogen and oxygen atoms in total. The van der Waals surface area contributed by atoms with Crippen LogP contribution in [0.3, 0.4) is 0 Å². The van der Waals surface area contributed by atoms with Crippen LogP contribution in [0, 0.1) is 0 Å². The maximum absolute atomic E-state index is 4.37. The van der Waals surface area contributed by atoms with E-state index in [-0.39, 0.29) is 0 Å². The van der Waals surface area contributed by atoms with Crippen molar-refractivity contribution in [1.82, 2.24) is 0 Å². The summed E-state index contributed by atoms with van der Waals surface area (Å²) in [6, 6.07) is 0. The quantitative estimate of drug-likeness (QED) is 0.421. The van der Waals surface area contributed by atoms with Gasteiger partial charge in [0.1, 0.15) is 0 Å². The molecule has 0 aliphatic rings. The van der Waals surface area contributed by atoms with Gasteiger partial charge in [0.05, 0.1) is 0 Å². The first-order valence-electron chi connectivity index (χ1n) is 6.14. The van der Waals surface area contributed by atoms with Crippen LogP contribution in [0.5, 0.6) is 0 Å². The fourth-order valence-corrected chi connectivity index (χ4v) is 3.73. The first kappa shape index (κ1) is 17.4. The maximum atomic E-state index is 4.37. The Morgan fingerprint density at radius 3 is 1.44 bits per heavy atom. The van der Waals surface area contributed by atoms with Gasteiger partial charge in [0.15, 0.2) is 0 Å². The molecule has 0 aliphatic heterocycles. The number of thioether (sulfide) groups is 2. The SMILES string of the molecule is CC(S)CSCCCCCCSCC(C)S. The average molecular weight is 299 g/mol. The highest BCUT2D eigenvalue weighted by molar-refractivity contribution is 8.00. The van der Waals surface area contributed by atoms with Gasteiger partial charge in [0.25, 0.3) is 0 Å². The molecule has 0 saturated heterocycles. The summed E-state index contributed by atoms with van der Waals surface area (Å²) in [5, 5.41) is 1.09. The van der Waals surface area contributed by atoms with Crippen LogP contribution in [0.1, 0.15) is 39.5 Å². The zero-order chi connectivity index (χ0) is 12.2. The molecule has 0 amide bonds. The number of unbranched alkanes of at least 4 members (excludes halogenated alkanes) is 3. The number of rotatable bonds is 11. The van der Waals surface area contributed by atoms with Crippen molar-refractivity contribution in [2.45, 2.75) is 50.0 Å². The van der Waals surface area contributed by atoms with Gasteiger partial charge in [-0.05, 0) is 24.3 Å². The van der Waals surface area contributed by atoms with Gasteiger partial charge in [0, 0.05) is 22.0 Å². The smallest absolute Gasteiger partial charge is 0.00791 e. The summed E-state index contributed by atoms with van der Waals surface area (Å²) in [6.45, 7) is 4.32. The normalized spacial score (nSPS) is 15.0. The van der Waals surface area contributed by atoms with Crippen molar-refractivity contribution in [2.75, 3.05) is 23.0 Å². The summed E-state index contributed by atoms with van der Waals surface area (Å²) in [6.07, 6.45) is 5.54. The van der Waals surface area contributed by atoms with Crippen molar-refractivity contribution in [2.24, 2.45) is 0 Å². The van der Waals surface area contributed by atoms with Crippen LogP contribution in [-0.4, -0.2) is 33.5 Å². The highest BCUT2D eigenvalue weighted by Crippen LogP contribution is 2.13. The first-order chi connectivity index (χ1) is 7.63. The molecule has 0 N–H and O–H groups in total. The van der Waals surface area contributed by atoms with Gasteiger partial charge in [-0.2, -0.15) is 48.8 Å². The van der Waals surface area contributed by atoms with E-state index in [9.17, 15) is 0 Å². The fourth-order valence-electron chi connectivity index (χ4n) is 1.27. The Labute approximate surface area is 121 Å². The topological polar surface area (TPSA) is 0 Å². The standard InChI is InChI=1S/C12H26S4/c1-11(13)9-15-7-5-3-4-6-8-16-10-12(2)14/h11-14H,3-10H2,1-2H3. The van der Waals surface area contributed by atoms with Gasteiger partial charge in [0.2, 0.25) is 0 Å². The van der Waals surface area contributed by atoms with Gasteiger partial charge in [-0.15, -0.1) is 0 Å². The van der Waals surface area contributed by atoms with Crippen molar-refractivity contribution in [3.63, 3.8) is 0 Å². The Morgan fingerprint density at radius 1 is 0.750 bits per heavy atom. The third-order valence-electron chi connectivity index (χ3n) is 2.05. The molecular formula is C12H26S4. The third-order valence-corrected chi connectivity index (χ3v) is 5.53. The molecule has 0 radical (unpaired) electrons. The molecule has 0 fully saturated rings. The molecule has 0 saturated carbocycles. The van der Waals surface area contributed by atoms with Crippen LogP contribution < -0.4 is 0 Å². The number of thiol groups is 2. The molecule has 0 aliphatic carbocycles. The Bertz CT molecular complexity index is 121. The van der Waals surface area contributed by atoms with Crippen molar-refractivity contribution < 1.29 is 0 Å². The van der Waals surface area contributed by atoms with Crippen LogP contribution in [0.15, 0.2) is 0 Å². The van der Waals surface area contributed by atoms with E-state index >= 15 is 0 Å². The molecule has 2 unspecified atom stereocenters. The van der Waals surface area contributed by atoms with E-state index in [1.54, 1.807) is 0 Å². The van der Waals surface area contributed by atoms with E-state index in [0.717, 1.165) is 0 Å². The van der Waals surface area contributed by atoms with Gasteiger partial charge >= 0.3 is 0 Å². The second-order valence-corrected chi connectivity index (χ2v) is 8.32. The summed E-state index contributed by atoms with van der Waals surface area (Å²) in [5.41, 5.74) is 0. The van der Waals surface area contributed by atoms with E-state index < -0.39 is 0 Å². The Kier molecular flexibility index (Phi) is 14.0. The second-order valence-electron chi connectivity index (χ2n) is 4.26. The van der Waals surface area contributed by atoms with Crippen molar-refractivity contribution >= 4 is 48.8 Å². The van der Waals surface area contributed by atoms with Gasteiger partial charge in [-0.3, -0.25) is 0 Å². The van der Waals surface area contributed by atoms with E-state index in [1.165, 1.54) is 48.7 Å². The molecule has 0 bridgehead atoms. The Morgan fingerprint density at radius 2 is 1.12 bits per heavy atom. The molecule has 0 heterocycles. The molecule has 16 heavy (non-hydrogen) atoms. The lowest BCUT2D eigenvalue weighted by Gasteiger charge is -2.05. The number of hydrogen-bond donors (Lipinski definition) is 2. The lowest BCUT2D eigenvalue weighted by molar-refractivity contribution is 0.711. The molecule has 98 valence electrons. The van der Waals surface area contributed by atoms with E-state index in [1.807, 2.05) is 23.5 Å². The highest BCUT2D eigenvalue weighted by Gasteiger charge is 1.97. The lowest BCUT2D eigenvalue weighted by atomic mass is 10.2. The second kappa shape index (κ2) is 12.8. The van der Waals surface area contributed by atoms with Gasteiger partial charge in [-0.25, -0.2) is 0 Å². The predicted molar refractivity (Wildman–Crippen MR) is 90.0 cm³/mol. The van der Waals surface area contributed by atoms with Crippen molar-refractivity contribution in [3.8, 4) is 0 Å². The van der Waals surface area contributed by atoms with Crippen LogP contribution in [0.2, 0.25) is 0 Å². The fraction of sp³-hybridized carbons (Fsp3) is 1.00. The lowest BCUT2D eigenvalue weighted by Crippen LogP contribution is -1.96. The molecule has 4 heteroatoms. The molecule has 2 atom stereocenters. The van der Waals surface area contributed by atoms with Crippen LogP contribution >= 0.6 is 48.8 Å². The van der Waals surface area contributed by atoms with Crippen LogP contribution in [0.4, 0.5) is 0 Å². The van der Waals surface area contributed by atoms with Crippen LogP contribution in [0.25, 0.3) is 0 Å². The largest absolute Gasteiger partial charge is 0.175 e. The minimum Gasteiger partial charge on any atom is -0.175 e. The molecule has 0 aromatic heterocycles. The summed E-state index contributed by atoms with van der Waals surface area (Å²) < 4.78 is 0. The van der Waals surface area contributed by atoms with Gasteiger partial charge < -0.3 is 0 Å². The van der Waals surface area contributed by atoms with Crippen molar-refractivity contribution in [3.05, 3.63) is 0 Å². The monoisotopic (exact) mass is 298 g/mol. The molecular weight excluding hydrogens is 272 g/mol. The summed E-state index contributed by atoms with van der Waals surface area (Å²) in [7, 11) is 0. The molecule has 0 spiro atoms. The van der Waals surface area contributed by atoms with Crippen LogP contribution in [-0.2, 0) is 0 Å². The molecule has 0 aromatic rings. The average Bonchev–Trinajstić information content (AvgIpc) is 2.20. The summed E-state index contributed by atoms with van der Waals surface area (Å²) in [5.74, 6) is 5.01. The Balaban J connectivity index is 2.93. The minimum absolute atomic E-state index is 0.546. The number of hydrogen-bond acceptors (Lipinski definition) is 4. The molecule has 0 aromatic carbocycles. The zero-order valence-electron chi connectivity index (χ0n) is 10.5. The first-order valence-corrected chi connectivity index (χ1v) is 9.48. The summed E-state index contributed by atoms with van der Waals surface area (Å²) >= 11 is 12.8. The molecule has 0 rings (SSSR count). The van der Waals surface area contributed by atoms with E-state index in [0.29, 0.717) is 10.5 Å². The Hall–Kier alpha value is 1.40. The predicted octanol–water partition coefficient (Wildman–Crippen LogP) is 4.65. The highest BCUT2D eigenvalue weighted by atomic mass is 32.2. The third kappa shape index (κ3) is 15.4. The zero-order valence-corrected chi connectivity index (χ0v) is 13.9. The van der Waals surface area contributed by atoms with E-state index in [4.69, 9.17) is 0 Å².